The number of carbonyl (C=O) groups is 3. The van der Waals surface area contributed by atoms with Gasteiger partial charge in [0.2, 0.25) is 0 Å². The number of ether oxygens (including phenoxy) is 1. The quantitative estimate of drug-likeness (QED) is 0.254. The second kappa shape index (κ2) is 6.23. The fourth-order valence-corrected chi connectivity index (χ4v) is 1.29. The largest absolute Gasteiger partial charge is 0.463 e. The lowest BCUT2D eigenvalue weighted by molar-refractivity contribution is -0.141. The molecule has 0 saturated heterocycles. The van der Waals surface area contributed by atoms with E-state index in [-0.39, 0.29) is 5.56 Å². The van der Waals surface area contributed by atoms with Gasteiger partial charge in [-0.3, -0.25) is 14.5 Å². The van der Waals surface area contributed by atoms with Crippen LogP contribution in [0.5, 0.6) is 0 Å². The molecule has 0 atom stereocenters. The molecule has 98 valence electrons. The Kier molecular flexibility index (Phi) is 4.68. The zero-order valence-corrected chi connectivity index (χ0v) is 10.4. The van der Waals surface area contributed by atoms with Gasteiger partial charge in [0.05, 0.1) is 7.11 Å². The van der Waals surface area contributed by atoms with Gasteiger partial charge >= 0.3 is 17.6 Å². The van der Waals surface area contributed by atoms with E-state index in [1.54, 1.807) is 18.2 Å². The van der Waals surface area contributed by atoms with Crippen LogP contribution in [0.4, 0.5) is 0 Å². The number of hydrogen-bond acceptors (Lipinski definition) is 4. The molecule has 0 heterocycles. The molecule has 0 saturated carbocycles. The van der Waals surface area contributed by atoms with Crippen molar-refractivity contribution in [2.45, 2.75) is 0 Å². The molecule has 0 spiro atoms. The topological polar surface area (TPSA) is 100 Å². The number of amides is 2. The molecule has 0 aromatic heterocycles. The Hall–Kier alpha value is -2.79. The molecule has 0 aliphatic rings. The molecule has 0 unspecified atom stereocenters. The smallest absolute Gasteiger partial charge is 0.460 e. The molecule has 0 N–H and O–H groups in total. The second-order valence-electron chi connectivity index (χ2n) is 3.48. The Balaban J connectivity index is 2.98. The highest BCUT2D eigenvalue weighted by atomic mass is 16.5. The average molecular weight is 261 g/mol. The van der Waals surface area contributed by atoms with Crippen LogP contribution in [0.25, 0.3) is 5.53 Å². The van der Waals surface area contributed by atoms with Crippen molar-refractivity contribution in [2.24, 2.45) is 0 Å². The van der Waals surface area contributed by atoms with Crippen LogP contribution in [0, 0.1) is 0 Å². The van der Waals surface area contributed by atoms with Gasteiger partial charge < -0.3 is 10.3 Å². The zero-order valence-electron chi connectivity index (χ0n) is 10.4. The molecule has 19 heavy (non-hydrogen) atoms. The monoisotopic (exact) mass is 261 g/mol. The lowest BCUT2D eigenvalue weighted by atomic mass is 10.2. The highest BCUT2D eigenvalue weighted by Crippen LogP contribution is 2.03. The summed E-state index contributed by atoms with van der Waals surface area (Å²) < 4.78 is 4.27. The van der Waals surface area contributed by atoms with Crippen molar-refractivity contribution in [3.63, 3.8) is 0 Å². The van der Waals surface area contributed by atoms with Crippen molar-refractivity contribution in [1.29, 1.82) is 0 Å². The van der Waals surface area contributed by atoms with Crippen LogP contribution in [0.15, 0.2) is 30.3 Å². The van der Waals surface area contributed by atoms with Crippen LogP contribution in [-0.2, 0) is 14.3 Å². The van der Waals surface area contributed by atoms with Gasteiger partial charge in [-0.15, -0.1) is 0 Å². The summed E-state index contributed by atoms with van der Waals surface area (Å²) in [5, 5.41) is 0. The van der Waals surface area contributed by atoms with E-state index in [1.165, 1.54) is 19.2 Å². The fraction of sp³-hybridized carbons (Fsp3) is 0.167. The van der Waals surface area contributed by atoms with Gasteiger partial charge in [0.15, 0.2) is 0 Å². The summed E-state index contributed by atoms with van der Waals surface area (Å²) in [5.74, 6) is -2.81. The highest BCUT2D eigenvalue weighted by Gasteiger charge is 2.36. The van der Waals surface area contributed by atoms with Crippen LogP contribution >= 0.6 is 0 Å². The Labute approximate surface area is 109 Å². The third kappa shape index (κ3) is 3.11. The Morgan fingerprint density at radius 2 is 1.79 bits per heavy atom. The first-order valence-corrected chi connectivity index (χ1v) is 5.20. The number of methoxy groups -OCH3 is 1. The fourth-order valence-electron chi connectivity index (χ4n) is 1.29. The van der Waals surface area contributed by atoms with Crippen molar-refractivity contribution >= 4 is 23.5 Å². The van der Waals surface area contributed by atoms with Crippen LogP contribution in [0.1, 0.15) is 10.4 Å². The van der Waals surface area contributed by atoms with E-state index in [0.717, 1.165) is 7.11 Å². The van der Waals surface area contributed by atoms with E-state index in [0.29, 0.717) is 4.90 Å². The molecule has 7 heteroatoms. The molecule has 1 aromatic carbocycles. The number of benzene rings is 1. The molecular formula is C12H11N3O4. The van der Waals surface area contributed by atoms with E-state index in [1.807, 2.05) is 0 Å². The molecule has 1 rings (SSSR count). The van der Waals surface area contributed by atoms with Crippen molar-refractivity contribution in [3.05, 3.63) is 41.4 Å². The van der Waals surface area contributed by atoms with E-state index in [2.05, 4.69) is 9.53 Å². The van der Waals surface area contributed by atoms with E-state index in [9.17, 15) is 14.4 Å². The first-order chi connectivity index (χ1) is 9.02. The van der Waals surface area contributed by atoms with Crippen LogP contribution in [-0.4, -0.2) is 47.3 Å². The predicted molar refractivity (Wildman–Crippen MR) is 64.2 cm³/mol. The number of rotatable bonds is 3. The number of imide groups is 1. The van der Waals surface area contributed by atoms with Crippen molar-refractivity contribution < 1.29 is 23.9 Å². The number of nitrogens with zero attached hydrogens (tertiary/aromatic N) is 3. The summed E-state index contributed by atoms with van der Waals surface area (Å²) in [5.41, 5.74) is 8.03. The lowest BCUT2D eigenvalue weighted by Crippen LogP contribution is -2.42. The van der Waals surface area contributed by atoms with Crippen LogP contribution < -0.4 is 0 Å². The summed E-state index contributed by atoms with van der Waals surface area (Å²) in [6.07, 6.45) is 0. The molecule has 7 nitrogen and oxygen atoms in total. The molecular weight excluding hydrogens is 250 g/mol. The maximum absolute atomic E-state index is 11.9. The van der Waals surface area contributed by atoms with Crippen molar-refractivity contribution in [1.82, 2.24) is 4.90 Å². The molecule has 0 bridgehead atoms. The first kappa shape index (κ1) is 14.3. The predicted octanol–water partition coefficient (Wildman–Crippen LogP) is 0.129. The second-order valence-corrected chi connectivity index (χ2v) is 3.48. The number of esters is 1. The van der Waals surface area contributed by atoms with E-state index in [4.69, 9.17) is 5.53 Å². The molecule has 1 aromatic rings. The third-order valence-corrected chi connectivity index (χ3v) is 2.31. The van der Waals surface area contributed by atoms with E-state index >= 15 is 0 Å². The standard InChI is InChI=1S/C12H11N3O4/c1-15(10(16)8-6-4-3-5-7-8)11(17)9(14-13)12(18)19-2/h3-7H,1-2H3. The summed E-state index contributed by atoms with van der Waals surface area (Å²) in [6, 6.07) is 8.01. The van der Waals surface area contributed by atoms with Gasteiger partial charge in [0, 0.05) is 12.6 Å². The minimum absolute atomic E-state index is 0.264. The van der Waals surface area contributed by atoms with Crippen LogP contribution in [0.3, 0.4) is 0 Å². The third-order valence-electron chi connectivity index (χ3n) is 2.31. The maximum Gasteiger partial charge on any atom is 0.463 e. The van der Waals surface area contributed by atoms with Crippen molar-refractivity contribution in [2.75, 3.05) is 14.2 Å². The SMILES string of the molecule is COC(=O)C(=[N+]=[N-])C(=O)N(C)C(=O)c1ccccc1. The number of carbonyl (C=O) groups excluding carboxylic acids is 3. The van der Waals surface area contributed by atoms with Gasteiger partial charge in [-0.1, -0.05) is 18.2 Å². The van der Waals surface area contributed by atoms with Gasteiger partial charge in [-0.2, -0.15) is 4.79 Å². The summed E-state index contributed by atoms with van der Waals surface area (Å²) in [7, 11) is 2.20. The minimum Gasteiger partial charge on any atom is -0.460 e. The molecule has 0 radical (unpaired) electrons. The molecule has 0 aliphatic heterocycles. The number of hydrogen-bond donors (Lipinski definition) is 0. The zero-order chi connectivity index (χ0) is 14.4. The minimum atomic E-state index is -1.12. The average Bonchev–Trinajstić information content (AvgIpc) is 2.46. The van der Waals surface area contributed by atoms with Gasteiger partial charge in [-0.05, 0) is 12.1 Å². The maximum atomic E-state index is 11.9. The normalized spacial score (nSPS) is 9.16. The van der Waals surface area contributed by atoms with Crippen molar-refractivity contribution in [3.8, 4) is 0 Å². The summed E-state index contributed by atoms with van der Waals surface area (Å²) in [4.78, 5) is 38.1. The molecule has 0 fully saturated rings. The summed E-state index contributed by atoms with van der Waals surface area (Å²) in [6.45, 7) is 0. The molecule has 0 aliphatic carbocycles. The first-order valence-electron chi connectivity index (χ1n) is 5.20. The Bertz CT molecular complexity index is 562. The van der Waals surface area contributed by atoms with Crippen LogP contribution in [0.2, 0.25) is 0 Å². The molecule has 2 amide bonds. The lowest BCUT2D eigenvalue weighted by Gasteiger charge is -2.12. The summed E-state index contributed by atoms with van der Waals surface area (Å²) >= 11 is 0. The van der Waals surface area contributed by atoms with Gasteiger partial charge in [0.1, 0.15) is 0 Å². The Morgan fingerprint density at radius 3 is 2.26 bits per heavy atom. The van der Waals surface area contributed by atoms with Gasteiger partial charge in [-0.25, -0.2) is 4.79 Å². The highest BCUT2D eigenvalue weighted by molar-refractivity contribution is 6.62. The van der Waals surface area contributed by atoms with E-state index < -0.39 is 23.5 Å². The Morgan fingerprint density at radius 1 is 1.21 bits per heavy atom. The van der Waals surface area contributed by atoms with Gasteiger partial charge in [0.25, 0.3) is 5.91 Å².